The predicted octanol–water partition coefficient (Wildman–Crippen LogP) is 3.29. The van der Waals surface area contributed by atoms with E-state index in [1.165, 1.54) is 4.90 Å². The number of allylic oxidation sites excluding steroid dienone is 2. The van der Waals surface area contributed by atoms with Crippen molar-refractivity contribution in [1.82, 2.24) is 10.2 Å². The van der Waals surface area contributed by atoms with Crippen LogP contribution in [0.1, 0.15) is 28.2 Å². The predicted molar refractivity (Wildman–Crippen MR) is 120 cm³/mol. The molecule has 1 unspecified atom stereocenters. The summed E-state index contributed by atoms with van der Waals surface area (Å²) < 4.78 is 5.45. The molecule has 1 amide bonds. The number of nitrogens with one attached hydrogen (secondary N) is 2. The van der Waals surface area contributed by atoms with E-state index in [0.717, 1.165) is 4.88 Å². The normalized spacial score (nSPS) is 18.2. The van der Waals surface area contributed by atoms with E-state index in [0.29, 0.717) is 35.9 Å². The van der Waals surface area contributed by atoms with Gasteiger partial charge >= 0.3 is 0 Å². The van der Waals surface area contributed by atoms with Gasteiger partial charge in [-0.3, -0.25) is 9.59 Å². The number of anilines is 1. The topological polar surface area (TPSA) is 90.9 Å². The quantitative estimate of drug-likeness (QED) is 0.453. The van der Waals surface area contributed by atoms with Crippen molar-refractivity contribution in [3.63, 3.8) is 0 Å². The van der Waals surface area contributed by atoms with Crippen LogP contribution in [0.4, 0.5) is 5.69 Å². The number of thiophene rings is 1. The molecule has 0 spiro atoms. The standard InChI is InChI=1S/C23H25N3O4S/c1-13-17(24-15-8-5-7-14(20(15)28)22(29)26(3)4)18(19(13)27)25-21(16-9-6-10-31-16)23(2)11-30-12-23/h5-10,21,24-25,28H,1,11-12H2,2-4H3. The third kappa shape index (κ3) is 3.62. The fourth-order valence-corrected chi connectivity index (χ4v) is 4.66. The Bertz CT molecular complexity index is 1080. The van der Waals surface area contributed by atoms with Crippen molar-refractivity contribution in [1.29, 1.82) is 0 Å². The Labute approximate surface area is 185 Å². The van der Waals surface area contributed by atoms with E-state index < -0.39 is 0 Å². The van der Waals surface area contributed by atoms with Crippen molar-refractivity contribution >= 4 is 28.7 Å². The van der Waals surface area contributed by atoms with Gasteiger partial charge in [-0.2, -0.15) is 0 Å². The monoisotopic (exact) mass is 439 g/mol. The van der Waals surface area contributed by atoms with Gasteiger partial charge in [0.05, 0.1) is 36.2 Å². The number of nitrogens with zero attached hydrogens (tertiary/aromatic N) is 1. The molecule has 3 N–H and O–H groups in total. The van der Waals surface area contributed by atoms with Crippen LogP contribution < -0.4 is 10.6 Å². The van der Waals surface area contributed by atoms with Gasteiger partial charge < -0.3 is 25.4 Å². The molecule has 4 rings (SSSR count). The minimum absolute atomic E-state index is 0.0969. The average molecular weight is 440 g/mol. The molecule has 2 aliphatic rings. The largest absolute Gasteiger partial charge is 0.505 e. The lowest BCUT2D eigenvalue weighted by Gasteiger charge is -2.45. The lowest BCUT2D eigenvalue weighted by atomic mass is 9.78. The van der Waals surface area contributed by atoms with Gasteiger partial charge in [0.1, 0.15) is 5.70 Å². The summed E-state index contributed by atoms with van der Waals surface area (Å²) in [4.78, 5) is 27.5. The third-order valence-electron chi connectivity index (χ3n) is 5.66. The van der Waals surface area contributed by atoms with Crippen molar-refractivity contribution in [2.75, 3.05) is 32.6 Å². The fraction of sp³-hybridized carbons (Fsp3) is 0.304. The second-order valence-electron chi connectivity index (χ2n) is 8.32. The number of hydrogen-bond donors (Lipinski definition) is 3. The number of ether oxygens (including phenoxy) is 1. The summed E-state index contributed by atoms with van der Waals surface area (Å²) in [5.74, 6) is -0.657. The first-order valence-electron chi connectivity index (χ1n) is 9.89. The number of para-hydroxylation sites is 1. The van der Waals surface area contributed by atoms with Crippen molar-refractivity contribution in [3.8, 4) is 5.75 Å². The lowest BCUT2D eigenvalue weighted by molar-refractivity contribution is -0.123. The summed E-state index contributed by atoms with van der Waals surface area (Å²) >= 11 is 1.62. The van der Waals surface area contributed by atoms with Gasteiger partial charge in [-0.05, 0) is 23.6 Å². The molecule has 1 aliphatic heterocycles. The molecule has 1 atom stereocenters. The zero-order chi connectivity index (χ0) is 22.3. The Morgan fingerprint density at radius 3 is 2.58 bits per heavy atom. The summed E-state index contributed by atoms with van der Waals surface area (Å²) in [5.41, 5.74) is 1.63. The minimum atomic E-state index is -0.312. The third-order valence-corrected chi connectivity index (χ3v) is 6.60. The molecule has 0 saturated carbocycles. The van der Waals surface area contributed by atoms with Gasteiger partial charge in [-0.25, -0.2) is 0 Å². The first-order chi connectivity index (χ1) is 14.7. The van der Waals surface area contributed by atoms with E-state index in [2.05, 4.69) is 24.1 Å². The van der Waals surface area contributed by atoms with E-state index in [1.54, 1.807) is 43.6 Å². The highest BCUT2D eigenvalue weighted by Crippen LogP contribution is 2.44. The summed E-state index contributed by atoms with van der Waals surface area (Å²) in [6, 6.07) is 8.82. The highest BCUT2D eigenvalue weighted by atomic mass is 32.1. The van der Waals surface area contributed by atoms with Crippen LogP contribution in [0.2, 0.25) is 0 Å². The van der Waals surface area contributed by atoms with E-state index in [9.17, 15) is 14.7 Å². The molecule has 1 fully saturated rings. The summed E-state index contributed by atoms with van der Waals surface area (Å²) in [7, 11) is 3.24. The van der Waals surface area contributed by atoms with Crippen LogP contribution in [-0.4, -0.2) is 49.0 Å². The van der Waals surface area contributed by atoms with Crippen LogP contribution >= 0.6 is 11.3 Å². The van der Waals surface area contributed by atoms with Crippen LogP contribution in [0.5, 0.6) is 5.75 Å². The molecule has 2 heterocycles. The zero-order valence-corrected chi connectivity index (χ0v) is 18.5. The van der Waals surface area contributed by atoms with Gasteiger partial charge in [0.25, 0.3) is 5.91 Å². The van der Waals surface area contributed by atoms with Crippen LogP contribution in [0, 0.1) is 5.41 Å². The number of carbonyl (C=O) groups excluding carboxylic acids is 2. The lowest BCUT2D eigenvalue weighted by Crippen LogP contribution is -2.51. The van der Waals surface area contributed by atoms with E-state index >= 15 is 0 Å². The number of phenolic OH excluding ortho intramolecular Hbond substituents is 1. The fourth-order valence-electron chi connectivity index (χ4n) is 3.71. The van der Waals surface area contributed by atoms with E-state index in [-0.39, 0.29) is 34.5 Å². The Hall–Kier alpha value is -3.10. The number of benzene rings is 1. The molecule has 7 nitrogen and oxygen atoms in total. The molecule has 1 saturated heterocycles. The van der Waals surface area contributed by atoms with Crippen LogP contribution in [0.3, 0.4) is 0 Å². The second kappa shape index (κ2) is 7.86. The van der Waals surface area contributed by atoms with Gasteiger partial charge in [-0.1, -0.05) is 25.6 Å². The molecule has 162 valence electrons. The Kier molecular flexibility index (Phi) is 5.36. The molecular formula is C23H25N3O4S. The van der Waals surface area contributed by atoms with Gasteiger partial charge in [0.15, 0.2) is 5.75 Å². The SMILES string of the molecule is C=C1C(=O)C(NC(c2cccs2)C2(C)COC2)=C1Nc1cccc(C(=O)N(C)C)c1O. The number of rotatable bonds is 7. The average Bonchev–Trinajstić information content (AvgIpc) is 3.26. The molecule has 1 aliphatic carbocycles. The maximum atomic E-state index is 12.6. The first kappa shape index (κ1) is 21.1. The Morgan fingerprint density at radius 2 is 2.00 bits per heavy atom. The number of carbonyl (C=O) groups is 2. The Morgan fingerprint density at radius 1 is 1.26 bits per heavy atom. The van der Waals surface area contributed by atoms with Crippen molar-refractivity contribution < 1.29 is 19.4 Å². The minimum Gasteiger partial charge on any atom is -0.505 e. The van der Waals surface area contributed by atoms with Crippen LogP contribution in [-0.2, 0) is 9.53 Å². The smallest absolute Gasteiger partial charge is 0.257 e. The maximum Gasteiger partial charge on any atom is 0.257 e. The van der Waals surface area contributed by atoms with Gasteiger partial charge in [0.2, 0.25) is 5.78 Å². The molecular weight excluding hydrogens is 414 g/mol. The van der Waals surface area contributed by atoms with Gasteiger partial charge in [0, 0.05) is 30.0 Å². The number of amides is 1. The highest BCUT2D eigenvalue weighted by Gasteiger charge is 2.45. The molecule has 1 aromatic carbocycles. The van der Waals surface area contributed by atoms with Crippen LogP contribution in [0.15, 0.2) is 59.3 Å². The maximum absolute atomic E-state index is 12.6. The molecule has 0 radical (unpaired) electrons. The van der Waals surface area contributed by atoms with Gasteiger partial charge in [-0.15, -0.1) is 11.3 Å². The van der Waals surface area contributed by atoms with Crippen molar-refractivity contribution in [2.24, 2.45) is 5.41 Å². The zero-order valence-electron chi connectivity index (χ0n) is 17.7. The summed E-state index contributed by atoms with van der Waals surface area (Å²) in [6.07, 6.45) is 0. The number of phenols is 1. The summed E-state index contributed by atoms with van der Waals surface area (Å²) in [5, 5.41) is 19.2. The number of aromatic hydroxyl groups is 1. The van der Waals surface area contributed by atoms with E-state index in [1.807, 2.05) is 17.5 Å². The first-order valence-corrected chi connectivity index (χ1v) is 10.8. The number of Topliss-reactive ketones (excluding diaryl/α,β-unsaturated/α-hetero) is 1. The Balaban J connectivity index is 1.66. The molecule has 31 heavy (non-hydrogen) atoms. The molecule has 1 aromatic heterocycles. The van der Waals surface area contributed by atoms with Crippen molar-refractivity contribution in [3.05, 3.63) is 69.7 Å². The number of ketones is 1. The number of hydrogen-bond acceptors (Lipinski definition) is 7. The summed E-state index contributed by atoms with van der Waals surface area (Å²) in [6.45, 7) is 7.19. The molecule has 2 aromatic rings. The molecule has 0 bridgehead atoms. The second-order valence-corrected chi connectivity index (χ2v) is 9.30. The highest BCUT2D eigenvalue weighted by molar-refractivity contribution is 7.10. The molecule has 8 heteroatoms. The van der Waals surface area contributed by atoms with E-state index in [4.69, 9.17) is 4.74 Å². The van der Waals surface area contributed by atoms with Crippen molar-refractivity contribution in [2.45, 2.75) is 13.0 Å². The van der Waals surface area contributed by atoms with Crippen LogP contribution in [0.25, 0.3) is 0 Å².